The molecule has 6 heteroatoms. The number of nitrogens with zero attached hydrogens (tertiary/aromatic N) is 1. The summed E-state index contributed by atoms with van der Waals surface area (Å²) in [4.78, 5) is 27.4. The second-order valence-corrected chi connectivity index (χ2v) is 8.26. The van der Waals surface area contributed by atoms with Gasteiger partial charge in [0.2, 0.25) is 5.91 Å². The number of ether oxygens (including phenoxy) is 2. The van der Waals surface area contributed by atoms with Gasteiger partial charge in [0.15, 0.2) is 11.5 Å². The van der Waals surface area contributed by atoms with E-state index in [1.807, 2.05) is 72.5 Å². The molecule has 0 aromatic heterocycles. The Balaban J connectivity index is 2.06. The molecule has 0 saturated carbocycles. The molecule has 0 fully saturated rings. The van der Waals surface area contributed by atoms with Gasteiger partial charge in [0.25, 0.3) is 5.91 Å². The van der Waals surface area contributed by atoms with E-state index in [-0.39, 0.29) is 17.9 Å². The number of anilines is 1. The van der Waals surface area contributed by atoms with Crippen molar-refractivity contribution in [3.05, 3.63) is 102 Å². The fraction of sp³-hybridized carbons (Fsp3) is 0.241. The molecular weight excluding hydrogens is 440 g/mol. The highest BCUT2D eigenvalue weighted by atomic mass is 16.5. The number of carbonyl (C=O) groups is 2. The van der Waals surface area contributed by atoms with Crippen LogP contribution >= 0.6 is 0 Å². The quantitative estimate of drug-likeness (QED) is 0.379. The van der Waals surface area contributed by atoms with Crippen molar-refractivity contribution in [3.8, 4) is 11.5 Å². The Kier molecular flexibility index (Phi) is 8.68. The normalized spacial score (nSPS) is 11.3. The van der Waals surface area contributed by atoms with Gasteiger partial charge in [0.1, 0.15) is 0 Å². The highest BCUT2D eigenvalue weighted by Gasteiger charge is 2.25. The van der Waals surface area contributed by atoms with Crippen LogP contribution in [0.2, 0.25) is 0 Å². The van der Waals surface area contributed by atoms with E-state index in [9.17, 15) is 9.59 Å². The van der Waals surface area contributed by atoms with Crippen molar-refractivity contribution in [1.29, 1.82) is 0 Å². The molecule has 0 aliphatic rings. The molecule has 0 aliphatic carbocycles. The number of nitrogens with one attached hydrogen (secondary N) is 1. The van der Waals surface area contributed by atoms with E-state index in [1.165, 1.54) is 6.92 Å². The van der Waals surface area contributed by atoms with Crippen LogP contribution in [0.1, 0.15) is 46.9 Å². The number of methoxy groups -OCH3 is 2. The van der Waals surface area contributed by atoms with Gasteiger partial charge in [0.05, 0.1) is 20.3 Å². The number of hydrogen-bond donors (Lipinski definition) is 1. The summed E-state index contributed by atoms with van der Waals surface area (Å²) in [5.41, 5.74) is 3.93. The van der Waals surface area contributed by atoms with Crippen molar-refractivity contribution in [2.45, 2.75) is 32.9 Å². The summed E-state index contributed by atoms with van der Waals surface area (Å²) >= 11 is 0. The lowest BCUT2D eigenvalue weighted by molar-refractivity contribution is -0.114. The average Bonchev–Trinajstić information content (AvgIpc) is 2.86. The van der Waals surface area contributed by atoms with Crippen LogP contribution in [-0.4, -0.2) is 30.9 Å². The minimum atomic E-state index is -0.271. The molecule has 35 heavy (non-hydrogen) atoms. The summed E-state index contributed by atoms with van der Waals surface area (Å²) in [6.45, 7) is 7.70. The van der Waals surface area contributed by atoms with Crippen molar-refractivity contribution in [3.63, 3.8) is 0 Å². The number of benzene rings is 3. The standard InChI is InChI=1S/C29H32N2O4/c1-6-11-24-16-25(18-27(34-4)28(24)35-5)29(33)31(19-22-12-8-7-9-13-22)20(2)23-14-10-15-26(17-23)30-21(3)32/h6-10,12-18,20H,1,11,19H2,2-5H3,(H,30,32). The van der Waals surface area contributed by atoms with Crippen LogP contribution in [-0.2, 0) is 17.8 Å². The van der Waals surface area contributed by atoms with Crippen molar-refractivity contribution in [2.75, 3.05) is 19.5 Å². The Morgan fingerprint density at radius 1 is 1.03 bits per heavy atom. The lowest BCUT2D eigenvalue weighted by Crippen LogP contribution is -2.33. The second-order valence-electron chi connectivity index (χ2n) is 8.26. The van der Waals surface area contributed by atoms with Crippen LogP contribution in [0, 0.1) is 0 Å². The fourth-order valence-corrected chi connectivity index (χ4v) is 4.06. The maximum atomic E-state index is 14.0. The Morgan fingerprint density at radius 2 is 1.77 bits per heavy atom. The molecule has 3 aromatic carbocycles. The molecule has 0 heterocycles. The first-order chi connectivity index (χ1) is 16.9. The molecule has 182 valence electrons. The molecule has 1 atom stereocenters. The molecule has 0 bridgehead atoms. The number of hydrogen-bond acceptors (Lipinski definition) is 4. The Labute approximate surface area is 207 Å². The van der Waals surface area contributed by atoms with Gasteiger partial charge in [-0.1, -0.05) is 48.5 Å². The summed E-state index contributed by atoms with van der Waals surface area (Å²) in [7, 11) is 3.14. The van der Waals surface area contributed by atoms with Crippen molar-refractivity contribution in [2.24, 2.45) is 0 Å². The van der Waals surface area contributed by atoms with E-state index < -0.39 is 0 Å². The van der Waals surface area contributed by atoms with Gasteiger partial charge in [-0.2, -0.15) is 0 Å². The third kappa shape index (κ3) is 6.29. The number of rotatable bonds is 10. The summed E-state index contributed by atoms with van der Waals surface area (Å²) in [6, 6.07) is 20.7. The van der Waals surface area contributed by atoms with Gasteiger partial charge >= 0.3 is 0 Å². The molecule has 3 rings (SSSR count). The van der Waals surface area contributed by atoms with Crippen LogP contribution in [0.5, 0.6) is 11.5 Å². The zero-order valence-corrected chi connectivity index (χ0v) is 20.7. The molecule has 0 aliphatic heterocycles. The van der Waals surface area contributed by atoms with Crippen molar-refractivity contribution < 1.29 is 19.1 Å². The summed E-state index contributed by atoms with van der Waals surface area (Å²) in [5, 5.41) is 2.82. The lowest BCUT2D eigenvalue weighted by atomic mass is 10.0. The first-order valence-corrected chi connectivity index (χ1v) is 11.5. The van der Waals surface area contributed by atoms with E-state index in [0.29, 0.717) is 35.7 Å². The minimum Gasteiger partial charge on any atom is -0.493 e. The van der Waals surface area contributed by atoms with Crippen molar-refractivity contribution >= 4 is 17.5 Å². The zero-order valence-electron chi connectivity index (χ0n) is 20.7. The predicted molar refractivity (Wildman–Crippen MR) is 139 cm³/mol. The SMILES string of the molecule is C=CCc1cc(C(=O)N(Cc2ccccc2)C(C)c2cccc(NC(C)=O)c2)cc(OC)c1OC. The first kappa shape index (κ1) is 25.6. The first-order valence-electron chi connectivity index (χ1n) is 11.5. The molecule has 0 radical (unpaired) electrons. The highest BCUT2D eigenvalue weighted by molar-refractivity contribution is 5.95. The Morgan fingerprint density at radius 3 is 2.40 bits per heavy atom. The van der Waals surface area contributed by atoms with Gasteiger partial charge in [0, 0.05) is 30.3 Å². The smallest absolute Gasteiger partial charge is 0.254 e. The topological polar surface area (TPSA) is 67.9 Å². The van der Waals surface area contributed by atoms with Crippen LogP contribution in [0.4, 0.5) is 5.69 Å². The van der Waals surface area contributed by atoms with E-state index in [4.69, 9.17) is 9.47 Å². The van der Waals surface area contributed by atoms with E-state index in [1.54, 1.807) is 26.4 Å². The summed E-state index contributed by atoms with van der Waals surface area (Å²) < 4.78 is 11.1. The predicted octanol–water partition coefficient (Wildman–Crippen LogP) is 5.79. The lowest BCUT2D eigenvalue weighted by Gasteiger charge is -2.31. The fourth-order valence-electron chi connectivity index (χ4n) is 4.06. The molecule has 3 aromatic rings. The van der Waals surface area contributed by atoms with Crippen LogP contribution in [0.15, 0.2) is 79.4 Å². The third-order valence-electron chi connectivity index (χ3n) is 5.78. The highest BCUT2D eigenvalue weighted by Crippen LogP contribution is 2.35. The Bertz CT molecular complexity index is 1190. The van der Waals surface area contributed by atoms with E-state index in [0.717, 1.165) is 16.7 Å². The summed E-state index contributed by atoms with van der Waals surface area (Å²) in [6.07, 6.45) is 2.30. The monoisotopic (exact) mass is 472 g/mol. The molecular formula is C29H32N2O4. The van der Waals surface area contributed by atoms with Crippen LogP contribution < -0.4 is 14.8 Å². The van der Waals surface area contributed by atoms with Crippen LogP contribution in [0.25, 0.3) is 0 Å². The maximum Gasteiger partial charge on any atom is 0.254 e. The molecule has 0 saturated heterocycles. The zero-order chi connectivity index (χ0) is 25.4. The molecule has 2 amide bonds. The molecule has 6 nitrogen and oxygen atoms in total. The summed E-state index contributed by atoms with van der Waals surface area (Å²) in [5.74, 6) is 0.800. The van der Waals surface area contributed by atoms with Gasteiger partial charge in [-0.25, -0.2) is 0 Å². The minimum absolute atomic E-state index is 0.141. The third-order valence-corrected chi connectivity index (χ3v) is 5.78. The van der Waals surface area contributed by atoms with Crippen LogP contribution in [0.3, 0.4) is 0 Å². The molecule has 1 N–H and O–H groups in total. The van der Waals surface area contributed by atoms with Gasteiger partial charge in [-0.05, 0) is 48.7 Å². The van der Waals surface area contributed by atoms with E-state index in [2.05, 4.69) is 11.9 Å². The average molecular weight is 473 g/mol. The largest absolute Gasteiger partial charge is 0.493 e. The second kappa shape index (κ2) is 11.9. The van der Waals surface area contributed by atoms with E-state index >= 15 is 0 Å². The Hall–Kier alpha value is -4.06. The molecule has 0 spiro atoms. The number of amides is 2. The maximum absolute atomic E-state index is 14.0. The van der Waals surface area contributed by atoms with Gasteiger partial charge < -0.3 is 19.7 Å². The van der Waals surface area contributed by atoms with Gasteiger partial charge in [-0.3, -0.25) is 9.59 Å². The number of allylic oxidation sites excluding steroid dienone is 1. The molecule has 1 unspecified atom stereocenters. The van der Waals surface area contributed by atoms with Crippen molar-refractivity contribution in [1.82, 2.24) is 4.90 Å². The number of carbonyl (C=O) groups excluding carboxylic acids is 2. The van der Waals surface area contributed by atoms with Gasteiger partial charge in [-0.15, -0.1) is 6.58 Å².